The van der Waals surface area contributed by atoms with E-state index in [2.05, 4.69) is 22.1 Å². The summed E-state index contributed by atoms with van der Waals surface area (Å²) in [5, 5.41) is 14.2. The lowest BCUT2D eigenvalue weighted by molar-refractivity contribution is 0.469. The molecule has 5 heteroatoms. The molecule has 0 unspecified atom stereocenters. The van der Waals surface area contributed by atoms with Gasteiger partial charge in [-0.15, -0.1) is 6.58 Å². The number of hydrogen-bond donors (Lipinski definition) is 2. The summed E-state index contributed by atoms with van der Waals surface area (Å²) >= 11 is 0. The van der Waals surface area contributed by atoms with E-state index in [4.69, 9.17) is 4.42 Å². The molecule has 1 aromatic heterocycles. The molecule has 0 atom stereocenters. The number of benzene rings is 2. The van der Waals surface area contributed by atoms with Crippen LogP contribution in [0.3, 0.4) is 0 Å². The predicted octanol–water partition coefficient (Wildman–Crippen LogP) is 3.71. The number of hydrogen-bond acceptors (Lipinski definition) is 5. The van der Waals surface area contributed by atoms with E-state index in [0.717, 1.165) is 11.1 Å². The molecule has 0 radical (unpaired) electrons. The van der Waals surface area contributed by atoms with E-state index in [1.54, 1.807) is 12.1 Å². The molecule has 0 spiro atoms. The SMILES string of the molecule is C=CCc1cccc(/C=N/Nc2nc3ccccc3o2)c1O. The number of rotatable bonds is 5. The van der Waals surface area contributed by atoms with Crippen LogP contribution in [0.2, 0.25) is 0 Å². The van der Waals surface area contributed by atoms with E-state index in [1.807, 2.05) is 36.4 Å². The molecule has 0 amide bonds. The summed E-state index contributed by atoms with van der Waals surface area (Å²) in [5.74, 6) is 0.200. The van der Waals surface area contributed by atoms with Crippen LogP contribution in [0.1, 0.15) is 11.1 Å². The molecule has 0 aliphatic rings. The highest BCUT2D eigenvalue weighted by molar-refractivity contribution is 5.84. The molecule has 2 aromatic carbocycles. The lowest BCUT2D eigenvalue weighted by Gasteiger charge is -2.04. The van der Waals surface area contributed by atoms with Gasteiger partial charge in [0.15, 0.2) is 5.58 Å². The van der Waals surface area contributed by atoms with E-state index in [0.29, 0.717) is 23.6 Å². The number of aromatic hydroxyl groups is 1. The van der Waals surface area contributed by atoms with Crippen LogP contribution in [0.5, 0.6) is 5.75 Å². The lowest BCUT2D eigenvalue weighted by atomic mass is 10.1. The van der Waals surface area contributed by atoms with Crippen molar-refractivity contribution in [2.45, 2.75) is 6.42 Å². The Hall–Kier alpha value is -3.08. The summed E-state index contributed by atoms with van der Waals surface area (Å²) in [4.78, 5) is 4.25. The summed E-state index contributed by atoms with van der Waals surface area (Å²) in [5.41, 5.74) is 5.59. The quantitative estimate of drug-likeness (QED) is 0.427. The first-order valence-electron chi connectivity index (χ1n) is 6.84. The van der Waals surface area contributed by atoms with Crippen LogP contribution in [0.15, 0.2) is 64.6 Å². The van der Waals surface area contributed by atoms with Crippen LogP contribution in [0.25, 0.3) is 11.1 Å². The molecule has 110 valence electrons. The number of hydrazone groups is 1. The highest BCUT2D eigenvalue weighted by Gasteiger charge is 2.05. The van der Waals surface area contributed by atoms with Gasteiger partial charge < -0.3 is 9.52 Å². The molecule has 1 heterocycles. The molecule has 0 fully saturated rings. The summed E-state index contributed by atoms with van der Waals surface area (Å²) in [6, 6.07) is 13.3. The van der Waals surface area contributed by atoms with Crippen LogP contribution in [-0.4, -0.2) is 16.3 Å². The van der Waals surface area contributed by atoms with Crippen molar-refractivity contribution in [1.82, 2.24) is 4.98 Å². The van der Waals surface area contributed by atoms with Crippen molar-refractivity contribution in [3.8, 4) is 5.75 Å². The largest absolute Gasteiger partial charge is 0.507 e. The Labute approximate surface area is 127 Å². The number of nitrogens with one attached hydrogen (secondary N) is 1. The lowest BCUT2D eigenvalue weighted by Crippen LogP contribution is -1.93. The zero-order chi connectivity index (χ0) is 15.4. The van der Waals surface area contributed by atoms with Gasteiger partial charge in [0.1, 0.15) is 11.3 Å². The van der Waals surface area contributed by atoms with Crippen molar-refractivity contribution < 1.29 is 9.52 Å². The summed E-state index contributed by atoms with van der Waals surface area (Å²) in [6.45, 7) is 3.67. The van der Waals surface area contributed by atoms with Gasteiger partial charge in [-0.1, -0.05) is 30.3 Å². The number of oxazole rings is 1. The third kappa shape index (κ3) is 2.83. The first-order valence-corrected chi connectivity index (χ1v) is 6.84. The van der Waals surface area contributed by atoms with E-state index in [-0.39, 0.29) is 5.75 Å². The van der Waals surface area contributed by atoms with Gasteiger partial charge in [0, 0.05) is 5.56 Å². The van der Waals surface area contributed by atoms with Gasteiger partial charge >= 0.3 is 6.01 Å². The second kappa shape index (κ2) is 6.13. The Bertz CT molecular complexity index is 804. The standard InChI is InChI=1S/C17H15N3O2/c1-2-6-12-7-5-8-13(16(12)21)11-18-20-17-19-14-9-3-4-10-15(14)22-17/h2-5,7-11,21H,1,6H2,(H,19,20)/b18-11+. The number of nitrogens with zero attached hydrogens (tertiary/aromatic N) is 2. The van der Waals surface area contributed by atoms with E-state index in [9.17, 15) is 5.11 Å². The number of phenols is 1. The number of anilines is 1. The zero-order valence-electron chi connectivity index (χ0n) is 11.9. The first-order chi connectivity index (χ1) is 10.8. The van der Waals surface area contributed by atoms with E-state index >= 15 is 0 Å². The number of fused-ring (bicyclic) bond motifs is 1. The molecule has 3 aromatic rings. The van der Waals surface area contributed by atoms with Gasteiger partial charge in [-0.25, -0.2) is 5.43 Å². The average Bonchev–Trinajstić information content (AvgIpc) is 2.94. The monoisotopic (exact) mass is 293 g/mol. The fraction of sp³-hybridized carbons (Fsp3) is 0.0588. The summed E-state index contributed by atoms with van der Waals surface area (Å²) in [6.07, 6.45) is 3.87. The normalized spacial score (nSPS) is 11.1. The number of allylic oxidation sites excluding steroid dienone is 1. The first kappa shape index (κ1) is 13.9. The Morgan fingerprint density at radius 3 is 2.91 bits per heavy atom. The molecule has 5 nitrogen and oxygen atoms in total. The van der Waals surface area contributed by atoms with Crippen LogP contribution >= 0.6 is 0 Å². The minimum atomic E-state index is 0.200. The third-order valence-corrected chi connectivity index (χ3v) is 3.17. The van der Waals surface area contributed by atoms with E-state index in [1.165, 1.54) is 6.21 Å². The molecule has 22 heavy (non-hydrogen) atoms. The Kier molecular flexibility index (Phi) is 3.87. The second-order valence-corrected chi connectivity index (χ2v) is 4.70. The van der Waals surface area contributed by atoms with Crippen molar-refractivity contribution in [2.24, 2.45) is 5.10 Å². The highest BCUT2D eigenvalue weighted by atomic mass is 16.4. The van der Waals surface area contributed by atoms with Gasteiger partial charge in [-0.2, -0.15) is 10.1 Å². The van der Waals surface area contributed by atoms with Crippen molar-refractivity contribution in [3.05, 3.63) is 66.2 Å². The van der Waals surface area contributed by atoms with Crippen molar-refractivity contribution >= 4 is 23.3 Å². The fourth-order valence-corrected chi connectivity index (χ4v) is 2.11. The fourth-order valence-electron chi connectivity index (χ4n) is 2.11. The summed E-state index contributed by atoms with van der Waals surface area (Å²) in [7, 11) is 0. The number of aromatic nitrogens is 1. The maximum Gasteiger partial charge on any atom is 0.316 e. The molecular weight excluding hydrogens is 278 g/mol. The predicted molar refractivity (Wildman–Crippen MR) is 87.2 cm³/mol. The Morgan fingerprint density at radius 2 is 2.09 bits per heavy atom. The average molecular weight is 293 g/mol. The third-order valence-electron chi connectivity index (χ3n) is 3.17. The molecule has 0 bridgehead atoms. The maximum absolute atomic E-state index is 10.1. The summed E-state index contributed by atoms with van der Waals surface area (Å²) < 4.78 is 5.49. The number of para-hydroxylation sites is 3. The van der Waals surface area contributed by atoms with E-state index < -0.39 is 0 Å². The molecule has 2 N–H and O–H groups in total. The molecule has 0 aliphatic heterocycles. The molecule has 0 aliphatic carbocycles. The van der Waals surface area contributed by atoms with Crippen LogP contribution in [0.4, 0.5) is 6.01 Å². The maximum atomic E-state index is 10.1. The van der Waals surface area contributed by atoms with Crippen LogP contribution in [-0.2, 0) is 6.42 Å². The molecule has 0 saturated heterocycles. The molecule has 0 saturated carbocycles. The van der Waals surface area contributed by atoms with Gasteiger partial charge in [0.05, 0.1) is 6.21 Å². The topological polar surface area (TPSA) is 70.7 Å². The number of phenolic OH excluding ortho intramolecular Hbond substituents is 1. The molecule has 3 rings (SSSR count). The van der Waals surface area contributed by atoms with Crippen molar-refractivity contribution in [1.29, 1.82) is 0 Å². The molecular formula is C17H15N3O2. The highest BCUT2D eigenvalue weighted by Crippen LogP contribution is 2.22. The van der Waals surface area contributed by atoms with Gasteiger partial charge in [-0.3, -0.25) is 0 Å². The van der Waals surface area contributed by atoms with Gasteiger partial charge in [-0.05, 0) is 30.2 Å². The van der Waals surface area contributed by atoms with Gasteiger partial charge in [0.2, 0.25) is 0 Å². The van der Waals surface area contributed by atoms with Crippen LogP contribution in [0, 0.1) is 0 Å². The Morgan fingerprint density at radius 1 is 1.23 bits per heavy atom. The smallest absolute Gasteiger partial charge is 0.316 e. The minimum absolute atomic E-state index is 0.200. The minimum Gasteiger partial charge on any atom is -0.507 e. The van der Waals surface area contributed by atoms with Gasteiger partial charge in [0.25, 0.3) is 0 Å². The zero-order valence-corrected chi connectivity index (χ0v) is 11.9. The van der Waals surface area contributed by atoms with Crippen LogP contribution < -0.4 is 5.43 Å². The van der Waals surface area contributed by atoms with Crippen molar-refractivity contribution in [3.63, 3.8) is 0 Å². The van der Waals surface area contributed by atoms with Crippen molar-refractivity contribution in [2.75, 3.05) is 5.43 Å². The Balaban J connectivity index is 1.77. The second-order valence-electron chi connectivity index (χ2n) is 4.70.